The van der Waals surface area contributed by atoms with Gasteiger partial charge in [0.15, 0.2) is 5.69 Å². The molecule has 0 saturated carbocycles. The molecule has 196 valence electrons. The first-order valence-corrected chi connectivity index (χ1v) is 13.5. The third-order valence-corrected chi connectivity index (χ3v) is 8.65. The van der Waals surface area contributed by atoms with Gasteiger partial charge in [0.1, 0.15) is 0 Å². The fourth-order valence-electron chi connectivity index (χ4n) is 5.37. The fraction of sp³-hybridized carbons (Fsp3) is 0.607. The Morgan fingerprint density at radius 1 is 1.11 bits per heavy atom. The van der Waals surface area contributed by atoms with Gasteiger partial charge in [0.25, 0.3) is 5.91 Å². The molecule has 2 aliphatic heterocycles. The molecule has 0 spiro atoms. The normalized spacial score (nSPS) is 18.5. The Labute approximate surface area is 219 Å². The van der Waals surface area contributed by atoms with Gasteiger partial charge in [0.05, 0.1) is 11.6 Å². The van der Waals surface area contributed by atoms with Gasteiger partial charge >= 0.3 is 6.09 Å². The van der Waals surface area contributed by atoms with Crippen LogP contribution in [0.25, 0.3) is 0 Å². The molecule has 0 unspecified atom stereocenters. The van der Waals surface area contributed by atoms with Crippen LogP contribution in [-0.4, -0.2) is 49.8 Å². The molecular weight excluding hydrogens is 476 g/mol. The Morgan fingerprint density at radius 3 is 2.47 bits per heavy atom. The second-order valence-corrected chi connectivity index (χ2v) is 11.9. The Morgan fingerprint density at radius 2 is 1.83 bits per heavy atom. The van der Waals surface area contributed by atoms with E-state index >= 15 is 0 Å². The molecule has 7 nitrogen and oxygen atoms in total. The summed E-state index contributed by atoms with van der Waals surface area (Å²) in [6, 6.07) is 5.60. The van der Waals surface area contributed by atoms with Gasteiger partial charge in [-0.3, -0.25) is 9.48 Å². The highest BCUT2D eigenvalue weighted by atomic mass is 35.5. The number of fused-ring (bicyclic) bond motifs is 1. The zero-order chi connectivity index (χ0) is 26.4. The van der Waals surface area contributed by atoms with E-state index in [2.05, 4.69) is 46.2 Å². The van der Waals surface area contributed by atoms with Crippen LogP contribution in [-0.2, 0) is 23.9 Å². The van der Waals surface area contributed by atoms with Crippen molar-refractivity contribution in [2.45, 2.75) is 97.2 Å². The molecular formula is C28H39ClN4O3. The summed E-state index contributed by atoms with van der Waals surface area (Å²) in [5, 5.41) is 15.2. The zero-order valence-corrected chi connectivity index (χ0v) is 23.2. The second-order valence-electron chi connectivity index (χ2n) is 11.5. The average Bonchev–Trinajstić information content (AvgIpc) is 3.51. The molecule has 1 aromatic carbocycles. The molecule has 36 heavy (non-hydrogen) atoms. The molecule has 1 aromatic heterocycles. The van der Waals surface area contributed by atoms with Crippen LogP contribution in [0.2, 0.25) is 5.02 Å². The third kappa shape index (κ3) is 4.74. The number of carbonyl (C=O) groups is 2. The van der Waals surface area contributed by atoms with E-state index in [0.717, 1.165) is 48.1 Å². The van der Waals surface area contributed by atoms with Crippen LogP contribution < -0.4 is 0 Å². The van der Waals surface area contributed by atoms with Gasteiger partial charge in [-0.2, -0.15) is 5.10 Å². The standard InChI is InChI=1S/C28H39ClN4O3/c1-7-27(3,4)24-16-22(30-33(24)28(5,6)8-2)25(34)31-13-11-18-14-19(29)15-20(21(18)17-31)23-10-9-12-32(23)26(35)36/h14-16,23H,7-13,17H2,1-6H3,(H,35,36)/t23-/m0/s1. The van der Waals surface area contributed by atoms with Crippen LogP contribution in [0.4, 0.5) is 4.79 Å². The zero-order valence-electron chi connectivity index (χ0n) is 22.4. The number of aromatic nitrogens is 2. The molecule has 4 rings (SSSR count). The molecule has 8 heteroatoms. The number of hydrogen-bond donors (Lipinski definition) is 1. The minimum absolute atomic E-state index is 0.0816. The van der Waals surface area contributed by atoms with Gasteiger partial charge in [0.2, 0.25) is 0 Å². The summed E-state index contributed by atoms with van der Waals surface area (Å²) in [6.07, 6.45) is 3.20. The van der Waals surface area contributed by atoms with Crippen LogP contribution in [0.5, 0.6) is 0 Å². The van der Waals surface area contributed by atoms with Crippen LogP contribution in [0, 0.1) is 0 Å². The van der Waals surface area contributed by atoms with E-state index in [4.69, 9.17) is 16.7 Å². The first-order chi connectivity index (χ1) is 16.9. The first-order valence-electron chi connectivity index (χ1n) is 13.1. The lowest BCUT2D eigenvalue weighted by molar-refractivity contribution is 0.0724. The summed E-state index contributed by atoms with van der Waals surface area (Å²) in [5.74, 6) is -0.0816. The van der Waals surface area contributed by atoms with E-state index in [1.54, 1.807) is 0 Å². The number of carboxylic acid groups (broad SMARTS) is 1. The lowest BCUT2D eigenvalue weighted by Crippen LogP contribution is -2.38. The Kier molecular flexibility index (Phi) is 7.17. The summed E-state index contributed by atoms with van der Waals surface area (Å²) in [7, 11) is 0. The monoisotopic (exact) mass is 514 g/mol. The molecule has 1 atom stereocenters. The molecule has 1 N–H and O–H groups in total. The number of carbonyl (C=O) groups excluding carboxylic acids is 1. The maximum Gasteiger partial charge on any atom is 0.407 e. The lowest BCUT2D eigenvalue weighted by Gasteiger charge is -2.33. The van der Waals surface area contributed by atoms with Crippen molar-refractivity contribution in [1.82, 2.24) is 19.6 Å². The molecule has 1 fully saturated rings. The maximum absolute atomic E-state index is 13.8. The molecule has 1 saturated heterocycles. The van der Waals surface area contributed by atoms with E-state index in [1.807, 2.05) is 23.1 Å². The van der Waals surface area contributed by atoms with E-state index in [0.29, 0.717) is 36.8 Å². The van der Waals surface area contributed by atoms with Crippen LogP contribution in [0.3, 0.4) is 0 Å². The summed E-state index contributed by atoms with van der Waals surface area (Å²) < 4.78 is 2.05. The molecule has 2 amide bonds. The Bertz CT molecular complexity index is 1140. The summed E-state index contributed by atoms with van der Waals surface area (Å²) >= 11 is 6.46. The van der Waals surface area contributed by atoms with Crippen LogP contribution >= 0.6 is 11.6 Å². The van der Waals surface area contributed by atoms with Crippen LogP contribution in [0.15, 0.2) is 18.2 Å². The van der Waals surface area contributed by atoms with Gasteiger partial charge < -0.3 is 14.9 Å². The van der Waals surface area contributed by atoms with Crippen molar-refractivity contribution >= 4 is 23.6 Å². The SMILES string of the molecule is CCC(C)(C)c1cc(C(=O)N2CCc3cc(Cl)cc([C@@H]4CCCN4C(=O)O)c3C2)nn1C(C)(C)CC. The molecule has 0 aliphatic carbocycles. The highest BCUT2D eigenvalue weighted by Crippen LogP contribution is 2.39. The van der Waals surface area contributed by atoms with Gasteiger partial charge in [-0.25, -0.2) is 4.79 Å². The number of likely N-dealkylation sites (tertiary alicyclic amines) is 1. The Balaban J connectivity index is 1.69. The van der Waals surface area contributed by atoms with E-state index < -0.39 is 6.09 Å². The van der Waals surface area contributed by atoms with Crippen molar-refractivity contribution in [3.05, 3.63) is 51.3 Å². The van der Waals surface area contributed by atoms with Crippen molar-refractivity contribution in [1.29, 1.82) is 0 Å². The van der Waals surface area contributed by atoms with Gasteiger partial charge in [0, 0.05) is 35.8 Å². The number of hydrogen-bond acceptors (Lipinski definition) is 3. The van der Waals surface area contributed by atoms with Crippen molar-refractivity contribution < 1.29 is 14.7 Å². The second kappa shape index (κ2) is 9.73. The third-order valence-electron chi connectivity index (χ3n) is 8.43. The highest BCUT2D eigenvalue weighted by Gasteiger charge is 2.36. The predicted octanol–water partition coefficient (Wildman–Crippen LogP) is 6.38. The van der Waals surface area contributed by atoms with Crippen molar-refractivity contribution in [3.63, 3.8) is 0 Å². The molecule has 2 aliphatic rings. The maximum atomic E-state index is 13.8. The topological polar surface area (TPSA) is 78.7 Å². The number of amides is 2. The van der Waals surface area contributed by atoms with Gasteiger partial charge in [-0.1, -0.05) is 39.3 Å². The predicted molar refractivity (Wildman–Crippen MR) is 142 cm³/mol. The average molecular weight is 515 g/mol. The van der Waals surface area contributed by atoms with Gasteiger partial charge in [-0.05, 0) is 80.8 Å². The lowest BCUT2D eigenvalue weighted by atomic mass is 9.85. The summed E-state index contributed by atoms with van der Waals surface area (Å²) in [4.78, 5) is 29.0. The van der Waals surface area contributed by atoms with Gasteiger partial charge in [-0.15, -0.1) is 0 Å². The number of rotatable bonds is 6. The largest absolute Gasteiger partial charge is 0.465 e. The number of benzene rings is 1. The number of nitrogens with zero attached hydrogens (tertiary/aromatic N) is 4. The first kappa shape index (κ1) is 26.5. The summed E-state index contributed by atoms with van der Waals surface area (Å²) in [5.41, 5.74) is 4.29. The number of halogens is 1. The van der Waals surface area contributed by atoms with E-state index in [-0.39, 0.29) is 22.9 Å². The molecule has 0 bridgehead atoms. The quantitative estimate of drug-likeness (QED) is 0.485. The highest BCUT2D eigenvalue weighted by molar-refractivity contribution is 6.30. The van der Waals surface area contributed by atoms with Crippen molar-refractivity contribution in [3.8, 4) is 0 Å². The fourth-order valence-corrected chi connectivity index (χ4v) is 5.62. The summed E-state index contributed by atoms with van der Waals surface area (Å²) in [6.45, 7) is 14.5. The minimum Gasteiger partial charge on any atom is -0.465 e. The molecule has 3 heterocycles. The van der Waals surface area contributed by atoms with Crippen LogP contribution in [0.1, 0.15) is 106 Å². The molecule has 0 radical (unpaired) electrons. The molecule has 2 aromatic rings. The smallest absolute Gasteiger partial charge is 0.407 e. The minimum atomic E-state index is -0.912. The Hall–Kier alpha value is -2.54. The van der Waals surface area contributed by atoms with Crippen molar-refractivity contribution in [2.75, 3.05) is 13.1 Å². The van der Waals surface area contributed by atoms with Crippen molar-refractivity contribution in [2.24, 2.45) is 0 Å². The van der Waals surface area contributed by atoms with E-state index in [9.17, 15) is 14.7 Å². The van der Waals surface area contributed by atoms with E-state index in [1.165, 1.54) is 4.90 Å².